The van der Waals surface area contributed by atoms with Crippen LogP contribution in [0.5, 0.6) is 0 Å². The van der Waals surface area contributed by atoms with Gasteiger partial charge in [0.1, 0.15) is 5.60 Å². The zero-order valence-electron chi connectivity index (χ0n) is 11.4. The van der Waals surface area contributed by atoms with Gasteiger partial charge in [-0.2, -0.15) is 11.8 Å². The molecule has 2 atom stereocenters. The van der Waals surface area contributed by atoms with Gasteiger partial charge in [0.25, 0.3) is 0 Å². The van der Waals surface area contributed by atoms with Gasteiger partial charge in [0.15, 0.2) is 0 Å². The first-order chi connectivity index (χ1) is 7.92. The maximum absolute atomic E-state index is 11.5. The third-order valence-electron chi connectivity index (χ3n) is 2.91. The highest BCUT2D eigenvalue weighted by atomic mass is 32.2. The van der Waals surface area contributed by atoms with Gasteiger partial charge in [-0.15, -0.1) is 0 Å². The summed E-state index contributed by atoms with van der Waals surface area (Å²) < 4.78 is 5.27. The molecule has 100 valence electrons. The molecule has 1 aliphatic rings. The van der Waals surface area contributed by atoms with Crippen molar-refractivity contribution in [1.82, 2.24) is 5.32 Å². The molecule has 1 N–H and O–H groups in total. The van der Waals surface area contributed by atoms with Crippen molar-refractivity contribution >= 4 is 17.7 Å². The van der Waals surface area contributed by atoms with Crippen LogP contribution >= 0.6 is 11.8 Å². The summed E-state index contributed by atoms with van der Waals surface area (Å²) in [6, 6.07) is 0.576. The molecule has 0 radical (unpaired) electrons. The number of ether oxygens (including phenoxy) is 1. The van der Waals surface area contributed by atoms with E-state index in [1.54, 1.807) is 0 Å². The topological polar surface area (TPSA) is 38.3 Å². The monoisotopic (exact) mass is 259 g/mol. The van der Waals surface area contributed by atoms with Crippen molar-refractivity contribution in [1.29, 1.82) is 0 Å². The number of hydrogen-bond donors (Lipinski definition) is 1. The fourth-order valence-corrected chi connectivity index (χ4v) is 3.16. The molecule has 2 unspecified atom stereocenters. The van der Waals surface area contributed by atoms with Gasteiger partial charge >= 0.3 is 5.97 Å². The normalized spacial score (nSPS) is 24.9. The van der Waals surface area contributed by atoms with Crippen molar-refractivity contribution in [3.63, 3.8) is 0 Å². The molecule has 17 heavy (non-hydrogen) atoms. The van der Waals surface area contributed by atoms with Gasteiger partial charge in [0, 0.05) is 17.8 Å². The van der Waals surface area contributed by atoms with Gasteiger partial charge in [-0.3, -0.25) is 4.79 Å². The Balaban J connectivity index is 2.17. The molecule has 0 aromatic heterocycles. The zero-order valence-corrected chi connectivity index (χ0v) is 12.2. The van der Waals surface area contributed by atoms with Crippen LogP contribution in [-0.2, 0) is 9.53 Å². The number of carbonyl (C=O) groups excluding carboxylic acids is 1. The Hall–Kier alpha value is -0.220. The first-order valence-corrected chi connectivity index (χ1v) is 7.69. The van der Waals surface area contributed by atoms with E-state index in [0.717, 1.165) is 6.54 Å². The zero-order chi connectivity index (χ0) is 12.9. The number of nitrogens with one attached hydrogen (secondary N) is 1. The van der Waals surface area contributed by atoms with Gasteiger partial charge in [-0.1, -0.05) is 6.42 Å². The Kier molecular flexibility index (Phi) is 5.80. The van der Waals surface area contributed by atoms with Crippen molar-refractivity contribution in [3.05, 3.63) is 0 Å². The standard InChI is InChI=1S/C13H25NO2S/c1-13(2,3)16-12(15)8-9-14-10-6-5-7-11(10)17-4/h10-11,14H,5-9H2,1-4H3. The van der Waals surface area contributed by atoms with Crippen LogP contribution < -0.4 is 5.32 Å². The lowest BCUT2D eigenvalue weighted by atomic mass is 10.2. The molecule has 0 aromatic rings. The first kappa shape index (κ1) is 14.8. The van der Waals surface area contributed by atoms with Gasteiger partial charge in [-0.05, 0) is 39.9 Å². The fourth-order valence-electron chi connectivity index (χ4n) is 2.19. The van der Waals surface area contributed by atoms with E-state index in [2.05, 4.69) is 11.6 Å². The molecular formula is C13H25NO2S. The minimum absolute atomic E-state index is 0.108. The molecule has 0 heterocycles. The molecule has 0 aromatic carbocycles. The van der Waals surface area contributed by atoms with E-state index in [1.807, 2.05) is 32.5 Å². The average molecular weight is 259 g/mol. The largest absolute Gasteiger partial charge is 0.460 e. The SMILES string of the molecule is CSC1CCCC1NCCC(=O)OC(C)(C)C. The minimum Gasteiger partial charge on any atom is -0.460 e. The van der Waals surface area contributed by atoms with Crippen LogP contribution in [0, 0.1) is 0 Å². The van der Waals surface area contributed by atoms with Gasteiger partial charge in [0.05, 0.1) is 6.42 Å². The predicted molar refractivity (Wildman–Crippen MR) is 73.4 cm³/mol. The van der Waals surface area contributed by atoms with E-state index in [9.17, 15) is 4.79 Å². The van der Waals surface area contributed by atoms with E-state index in [-0.39, 0.29) is 11.6 Å². The maximum atomic E-state index is 11.5. The molecule has 0 saturated heterocycles. The van der Waals surface area contributed by atoms with E-state index < -0.39 is 0 Å². The summed E-state index contributed by atoms with van der Waals surface area (Å²) in [4.78, 5) is 11.5. The highest BCUT2D eigenvalue weighted by molar-refractivity contribution is 7.99. The Bertz CT molecular complexity index is 250. The lowest BCUT2D eigenvalue weighted by Gasteiger charge is -2.21. The van der Waals surface area contributed by atoms with E-state index in [0.29, 0.717) is 17.7 Å². The van der Waals surface area contributed by atoms with Crippen LogP contribution in [0.15, 0.2) is 0 Å². The van der Waals surface area contributed by atoms with Gasteiger partial charge in [0.2, 0.25) is 0 Å². The fraction of sp³-hybridized carbons (Fsp3) is 0.923. The van der Waals surface area contributed by atoms with Gasteiger partial charge in [-0.25, -0.2) is 0 Å². The van der Waals surface area contributed by atoms with Gasteiger partial charge < -0.3 is 10.1 Å². The van der Waals surface area contributed by atoms with Crippen LogP contribution in [0.1, 0.15) is 46.5 Å². The van der Waals surface area contributed by atoms with Crippen molar-refractivity contribution in [3.8, 4) is 0 Å². The van der Waals surface area contributed by atoms with Crippen molar-refractivity contribution < 1.29 is 9.53 Å². The molecule has 0 spiro atoms. The molecule has 1 aliphatic carbocycles. The minimum atomic E-state index is -0.369. The van der Waals surface area contributed by atoms with Crippen LogP contribution in [0.3, 0.4) is 0 Å². The molecule has 1 saturated carbocycles. The third-order valence-corrected chi connectivity index (χ3v) is 4.08. The van der Waals surface area contributed by atoms with E-state index in [1.165, 1.54) is 19.3 Å². The maximum Gasteiger partial charge on any atom is 0.307 e. The molecule has 1 rings (SSSR count). The second kappa shape index (κ2) is 6.64. The summed E-state index contributed by atoms with van der Waals surface area (Å²) in [5.74, 6) is -0.108. The highest BCUT2D eigenvalue weighted by Gasteiger charge is 2.26. The van der Waals surface area contributed by atoms with Crippen LogP contribution in [0.2, 0.25) is 0 Å². The lowest BCUT2D eigenvalue weighted by Crippen LogP contribution is -2.36. The number of esters is 1. The predicted octanol–water partition coefficient (Wildman–Crippen LogP) is 2.59. The van der Waals surface area contributed by atoms with Crippen molar-refractivity contribution in [2.75, 3.05) is 12.8 Å². The summed E-state index contributed by atoms with van der Waals surface area (Å²) in [5.41, 5.74) is -0.369. The molecule has 1 fully saturated rings. The summed E-state index contributed by atoms with van der Waals surface area (Å²) in [6.07, 6.45) is 6.47. The third kappa shape index (κ3) is 5.77. The van der Waals surface area contributed by atoms with Crippen molar-refractivity contribution in [2.45, 2.75) is 63.3 Å². The van der Waals surface area contributed by atoms with Crippen LogP contribution in [0.25, 0.3) is 0 Å². The number of rotatable bonds is 5. The van der Waals surface area contributed by atoms with Crippen molar-refractivity contribution in [2.24, 2.45) is 0 Å². The second-order valence-electron chi connectivity index (χ2n) is 5.60. The molecule has 0 aliphatic heterocycles. The van der Waals surface area contributed by atoms with Crippen LogP contribution in [0.4, 0.5) is 0 Å². The molecule has 0 amide bonds. The smallest absolute Gasteiger partial charge is 0.307 e. The Morgan fingerprint density at radius 2 is 2.12 bits per heavy atom. The number of carbonyl (C=O) groups is 1. The molecular weight excluding hydrogens is 234 g/mol. The lowest BCUT2D eigenvalue weighted by molar-refractivity contribution is -0.154. The average Bonchev–Trinajstić information content (AvgIpc) is 2.62. The summed E-state index contributed by atoms with van der Waals surface area (Å²) in [7, 11) is 0. The number of thioether (sulfide) groups is 1. The Labute approximate surface area is 109 Å². The summed E-state index contributed by atoms with van der Waals surface area (Å²) in [6.45, 7) is 6.44. The Morgan fingerprint density at radius 3 is 2.71 bits per heavy atom. The second-order valence-corrected chi connectivity index (χ2v) is 6.68. The van der Waals surface area contributed by atoms with Crippen LogP contribution in [-0.4, -0.2) is 35.7 Å². The quantitative estimate of drug-likeness (QED) is 0.770. The summed E-state index contributed by atoms with van der Waals surface area (Å²) >= 11 is 1.93. The van der Waals surface area contributed by atoms with E-state index in [4.69, 9.17) is 4.74 Å². The molecule has 3 nitrogen and oxygen atoms in total. The Morgan fingerprint density at radius 1 is 1.41 bits per heavy atom. The number of hydrogen-bond acceptors (Lipinski definition) is 4. The highest BCUT2D eigenvalue weighted by Crippen LogP contribution is 2.28. The molecule has 4 heteroatoms. The van der Waals surface area contributed by atoms with E-state index >= 15 is 0 Å². The molecule has 0 bridgehead atoms. The summed E-state index contributed by atoms with van der Waals surface area (Å²) in [5, 5.41) is 4.19. The first-order valence-electron chi connectivity index (χ1n) is 6.40.